The van der Waals surface area contributed by atoms with Gasteiger partial charge in [-0.05, 0) is 30.9 Å². The number of thiophene rings is 1. The molecule has 0 aliphatic carbocycles. The first-order valence-corrected chi connectivity index (χ1v) is 11.5. The fourth-order valence-corrected chi connectivity index (χ4v) is 7.31. The Morgan fingerprint density at radius 2 is 2.11 bits per heavy atom. The summed E-state index contributed by atoms with van der Waals surface area (Å²) in [6.07, 6.45) is 7.10. The lowest BCUT2D eigenvalue weighted by atomic mass is 10.0. The molecule has 1 fully saturated rings. The molecule has 1 amide bonds. The first kappa shape index (κ1) is 18.6. The average molecular weight is 409 g/mol. The van der Waals surface area contributed by atoms with Crippen LogP contribution in [-0.2, 0) is 34.8 Å². The highest BCUT2D eigenvalue weighted by molar-refractivity contribution is 7.91. The van der Waals surface area contributed by atoms with E-state index < -0.39 is 10.0 Å². The molecule has 0 aromatic carbocycles. The Balaban J connectivity index is 1.65. The summed E-state index contributed by atoms with van der Waals surface area (Å²) in [6.45, 7) is 3.25. The predicted octanol–water partition coefficient (Wildman–Crippen LogP) is 2.30. The van der Waals surface area contributed by atoms with Gasteiger partial charge in [-0.2, -0.15) is 9.40 Å². The smallest absolute Gasteiger partial charge is 0.253 e. The van der Waals surface area contributed by atoms with Crippen LogP contribution in [0.5, 0.6) is 0 Å². The zero-order chi connectivity index (χ0) is 19.2. The number of hydrogen-bond acceptors (Lipinski definition) is 5. The number of fused-ring (bicyclic) bond motifs is 1. The van der Waals surface area contributed by atoms with Gasteiger partial charge in [-0.15, -0.1) is 11.3 Å². The van der Waals surface area contributed by atoms with E-state index in [9.17, 15) is 13.2 Å². The highest BCUT2D eigenvalue weighted by Gasteiger charge is 2.37. The molecular weight excluding hydrogens is 384 g/mol. The van der Waals surface area contributed by atoms with E-state index in [0.717, 1.165) is 41.7 Å². The average Bonchev–Trinajstić information content (AvgIpc) is 3.27. The van der Waals surface area contributed by atoms with Gasteiger partial charge in [0, 0.05) is 50.2 Å². The molecule has 146 valence electrons. The number of nitrogens with zero attached hydrogens (tertiary/aromatic N) is 4. The number of rotatable bonds is 3. The molecule has 0 spiro atoms. The van der Waals surface area contributed by atoms with E-state index >= 15 is 0 Å². The fourth-order valence-electron chi connectivity index (χ4n) is 3.96. The third-order valence-corrected chi connectivity index (χ3v) is 9.01. The highest BCUT2D eigenvalue weighted by Crippen LogP contribution is 2.39. The van der Waals surface area contributed by atoms with E-state index in [2.05, 4.69) is 5.10 Å². The van der Waals surface area contributed by atoms with Crippen molar-refractivity contribution in [3.05, 3.63) is 34.5 Å². The summed E-state index contributed by atoms with van der Waals surface area (Å²) < 4.78 is 30.6. The summed E-state index contributed by atoms with van der Waals surface area (Å²) in [5.41, 5.74) is 1.92. The Morgan fingerprint density at radius 3 is 2.81 bits per heavy atom. The van der Waals surface area contributed by atoms with Gasteiger partial charge in [0.15, 0.2) is 0 Å². The van der Waals surface area contributed by atoms with Gasteiger partial charge in [-0.3, -0.25) is 9.48 Å². The molecule has 0 radical (unpaired) electrons. The van der Waals surface area contributed by atoms with E-state index in [1.165, 1.54) is 11.3 Å². The van der Waals surface area contributed by atoms with E-state index in [1.807, 2.05) is 13.2 Å². The second-order valence-electron chi connectivity index (χ2n) is 7.28. The first-order chi connectivity index (χ1) is 12.9. The molecule has 1 saturated heterocycles. The van der Waals surface area contributed by atoms with Gasteiger partial charge in [0.1, 0.15) is 4.21 Å². The summed E-state index contributed by atoms with van der Waals surface area (Å²) in [7, 11) is -1.72. The second kappa shape index (κ2) is 7.03. The minimum atomic E-state index is -3.57. The van der Waals surface area contributed by atoms with Gasteiger partial charge in [-0.1, -0.05) is 6.42 Å². The maximum atomic E-state index is 13.4. The maximum absolute atomic E-state index is 13.4. The minimum Gasteiger partial charge on any atom is -0.338 e. The van der Waals surface area contributed by atoms with Crippen LogP contribution < -0.4 is 0 Å². The normalized spacial score (nSPS) is 21.3. The van der Waals surface area contributed by atoms with Crippen LogP contribution in [-0.4, -0.2) is 46.4 Å². The van der Waals surface area contributed by atoms with Gasteiger partial charge in [-0.25, -0.2) is 8.42 Å². The Hall–Kier alpha value is -1.71. The third-order valence-electron chi connectivity index (χ3n) is 5.42. The van der Waals surface area contributed by atoms with E-state index in [-0.39, 0.29) is 11.9 Å². The molecule has 2 aliphatic rings. The van der Waals surface area contributed by atoms with Crippen molar-refractivity contribution in [2.75, 3.05) is 13.1 Å². The number of aromatic nitrogens is 2. The first-order valence-electron chi connectivity index (χ1n) is 9.24. The monoisotopic (exact) mass is 408 g/mol. The molecule has 1 unspecified atom stereocenters. The summed E-state index contributed by atoms with van der Waals surface area (Å²) in [4.78, 5) is 14.5. The number of piperidine rings is 1. The molecular formula is C18H24N4O3S2. The molecule has 2 aromatic heterocycles. The third kappa shape index (κ3) is 3.43. The topological polar surface area (TPSA) is 75.5 Å². The summed E-state index contributed by atoms with van der Waals surface area (Å²) in [5, 5.41) is 4.22. The zero-order valence-electron chi connectivity index (χ0n) is 15.6. The summed E-state index contributed by atoms with van der Waals surface area (Å²) in [5.74, 6) is 0.0314. The lowest BCUT2D eigenvalue weighted by Crippen LogP contribution is -2.38. The Kier molecular flexibility index (Phi) is 4.85. The van der Waals surface area contributed by atoms with Gasteiger partial charge >= 0.3 is 0 Å². The van der Waals surface area contributed by atoms with Crippen LogP contribution in [0.25, 0.3) is 0 Å². The lowest BCUT2D eigenvalue weighted by molar-refractivity contribution is -0.129. The van der Waals surface area contributed by atoms with Crippen molar-refractivity contribution in [3.63, 3.8) is 0 Å². The zero-order valence-corrected chi connectivity index (χ0v) is 17.2. The van der Waals surface area contributed by atoms with Crippen molar-refractivity contribution in [1.82, 2.24) is 19.0 Å². The number of carbonyl (C=O) groups is 1. The quantitative estimate of drug-likeness (QED) is 0.781. The molecule has 9 heteroatoms. The van der Waals surface area contributed by atoms with Gasteiger partial charge < -0.3 is 4.90 Å². The Morgan fingerprint density at radius 1 is 1.30 bits per heavy atom. The minimum absolute atomic E-state index is 0.0314. The van der Waals surface area contributed by atoms with Crippen molar-refractivity contribution in [1.29, 1.82) is 0 Å². The van der Waals surface area contributed by atoms with Gasteiger partial charge in [0.2, 0.25) is 5.91 Å². The molecule has 4 rings (SSSR count). The standard InChI is InChI=1S/C18H24N4O3S2/c1-13(23)21-8-6-17-14(12-21)9-18(26-17)27(24,25)22-7-4-3-5-16(22)15-10-19-20(2)11-15/h9-11,16H,3-8,12H2,1-2H3. The lowest BCUT2D eigenvalue weighted by Gasteiger charge is -2.33. The van der Waals surface area contributed by atoms with E-state index in [0.29, 0.717) is 23.8 Å². The molecule has 2 aliphatic heterocycles. The number of sulfonamides is 1. The van der Waals surface area contributed by atoms with Crippen molar-refractivity contribution < 1.29 is 13.2 Å². The van der Waals surface area contributed by atoms with Crippen LogP contribution in [0.3, 0.4) is 0 Å². The van der Waals surface area contributed by atoms with Crippen molar-refractivity contribution >= 4 is 27.3 Å². The summed E-state index contributed by atoms with van der Waals surface area (Å²) >= 11 is 1.36. The van der Waals surface area contributed by atoms with Crippen LogP contribution in [0.4, 0.5) is 0 Å². The van der Waals surface area contributed by atoms with Crippen molar-refractivity contribution in [2.24, 2.45) is 7.05 Å². The van der Waals surface area contributed by atoms with Crippen molar-refractivity contribution in [2.45, 2.75) is 49.4 Å². The van der Waals surface area contributed by atoms with E-state index in [4.69, 9.17) is 0 Å². The number of amides is 1. The van der Waals surface area contributed by atoms with Gasteiger partial charge in [0.05, 0.1) is 12.2 Å². The van der Waals surface area contributed by atoms with Crippen LogP contribution in [0.1, 0.15) is 48.2 Å². The maximum Gasteiger partial charge on any atom is 0.253 e. The SMILES string of the molecule is CC(=O)N1CCc2sc(S(=O)(=O)N3CCCCC3c3cnn(C)c3)cc2C1. The van der Waals surface area contributed by atoms with Crippen molar-refractivity contribution in [3.8, 4) is 0 Å². The molecule has 27 heavy (non-hydrogen) atoms. The summed E-state index contributed by atoms with van der Waals surface area (Å²) in [6, 6.07) is 1.62. The van der Waals surface area contributed by atoms with E-state index in [1.54, 1.807) is 33.1 Å². The van der Waals surface area contributed by atoms with Crippen LogP contribution in [0, 0.1) is 0 Å². The molecule has 0 bridgehead atoms. The van der Waals surface area contributed by atoms with Gasteiger partial charge in [0.25, 0.3) is 10.0 Å². The number of hydrogen-bond donors (Lipinski definition) is 0. The molecule has 2 aromatic rings. The Bertz CT molecular complexity index is 963. The highest BCUT2D eigenvalue weighted by atomic mass is 32.2. The molecule has 0 saturated carbocycles. The fraction of sp³-hybridized carbons (Fsp3) is 0.556. The largest absolute Gasteiger partial charge is 0.338 e. The second-order valence-corrected chi connectivity index (χ2v) is 10.5. The molecule has 7 nitrogen and oxygen atoms in total. The van der Waals surface area contributed by atoms with Crippen LogP contribution in [0.2, 0.25) is 0 Å². The molecule has 1 atom stereocenters. The predicted molar refractivity (Wildman–Crippen MR) is 103 cm³/mol. The van der Waals surface area contributed by atoms with Crippen LogP contribution in [0.15, 0.2) is 22.7 Å². The van der Waals surface area contributed by atoms with Crippen LogP contribution >= 0.6 is 11.3 Å². The number of carbonyl (C=O) groups excluding carboxylic acids is 1. The number of aryl methyl sites for hydroxylation is 1. The molecule has 0 N–H and O–H groups in total. The molecule has 4 heterocycles. The Labute approximate surface area is 163 Å².